The van der Waals surface area contributed by atoms with Crippen LogP contribution in [0.25, 0.3) is 0 Å². The SMILES string of the molecule is CCCCCCCCC=CCCCCCCCCOB([O-])[O-]. The molecule has 4 heteroatoms. The monoisotopic (exact) mass is 310 g/mol. The molecule has 0 rings (SSSR count). The minimum absolute atomic E-state index is 0.318. The summed E-state index contributed by atoms with van der Waals surface area (Å²) in [5.41, 5.74) is 0. The zero-order chi connectivity index (χ0) is 16.3. The van der Waals surface area contributed by atoms with Crippen LogP contribution >= 0.6 is 0 Å². The highest BCUT2D eigenvalue weighted by molar-refractivity contribution is 6.28. The molecule has 0 aliphatic rings. The molecule has 0 saturated heterocycles. The van der Waals surface area contributed by atoms with Crippen molar-refractivity contribution in [2.75, 3.05) is 6.61 Å². The highest BCUT2D eigenvalue weighted by Crippen LogP contribution is 2.09. The summed E-state index contributed by atoms with van der Waals surface area (Å²) in [6, 6.07) is 0. The Bertz CT molecular complexity index is 232. The topological polar surface area (TPSA) is 55.3 Å². The maximum atomic E-state index is 10.1. The highest BCUT2D eigenvalue weighted by Gasteiger charge is 1.91. The van der Waals surface area contributed by atoms with Crippen molar-refractivity contribution in [1.82, 2.24) is 0 Å². The lowest BCUT2D eigenvalue weighted by Crippen LogP contribution is -2.47. The molecule has 0 saturated carbocycles. The van der Waals surface area contributed by atoms with Crippen molar-refractivity contribution in [3.05, 3.63) is 12.2 Å². The fraction of sp³-hybridized carbons (Fsp3) is 0.889. The van der Waals surface area contributed by atoms with Crippen LogP contribution < -0.4 is 10.0 Å². The highest BCUT2D eigenvalue weighted by atomic mass is 16.6. The summed E-state index contributed by atoms with van der Waals surface area (Å²) >= 11 is 0. The first-order valence-corrected chi connectivity index (χ1v) is 9.35. The van der Waals surface area contributed by atoms with Crippen LogP contribution in [-0.4, -0.2) is 13.9 Å². The van der Waals surface area contributed by atoms with Crippen LogP contribution in [0, 0.1) is 0 Å². The van der Waals surface area contributed by atoms with E-state index < -0.39 is 7.32 Å². The molecule has 0 bridgehead atoms. The van der Waals surface area contributed by atoms with Crippen LogP contribution in [0.3, 0.4) is 0 Å². The molecule has 0 aromatic rings. The minimum Gasteiger partial charge on any atom is -0.871 e. The van der Waals surface area contributed by atoms with Crippen molar-refractivity contribution >= 4 is 7.32 Å². The second-order valence-electron chi connectivity index (χ2n) is 6.10. The van der Waals surface area contributed by atoms with E-state index in [-0.39, 0.29) is 0 Å². The lowest BCUT2D eigenvalue weighted by atomic mass is 10.1. The summed E-state index contributed by atoms with van der Waals surface area (Å²) in [5.74, 6) is 0. The van der Waals surface area contributed by atoms with E-state index in [1.54, 1.807) is 0 Å². The number of rotatable bonds is 17. The number of hydrogen-bond acceptors (Lipinski definition) is 3. The van der Waals surface area contributed by atoms with Crippen LogP contribution in [0.2, 0.25) is 0 Å². The first-order chi connectivity index (χ1) is 10.8. The largest absolute Gasteiger partial charge is 0.871 e. The Labute approximate surface area is 138 Å². The molecule has 0 aromatic carbocycles. The molecule has 0 fully saturated rings. The van der Waals surface area contributed by atoms with E-state index in [0.29, 0.717) is 6.61 Å². The number of hydrogen-bond donors (Lipinski definition) is 0. The van der Waals surface area contributed by atoms with Gasteiger partial charge in [0.15, 0.2) is 0 Å². The van der Waals surface area contributed by atoms with Gasteiger partial charge in [0.25, 0.3) is 0 Å². The van der Waals surface area contributed by atoms with Gasteiger partial charge in [-0.05, 0) is 32.1 Å². The number of unbranched alkanes of at least 4 members (excludes halogenated alkanes) is 12. The molecular formula is C18H35BO3-2. The zero-order valence-electron chi connectivity index (χ0n) is 14.6. The molecule has 0 N–H and O–H groups in total. The number of allylic oxidation sites excluding steroid dienone is 2. The molecule has 0 amide bonds. The molecule has 0 spiro atoms. The summed E-state index contributed by atoms with van der Waals surface area (Å²) in [6.07, 6.45) is 22.2. The van der Waals surface area contributed by atoms with Gasteiger partial charge in [-0.1, -0.05) is 76.9 Å². The molecule has 0 unspecified atom stereocenters. The molecule has 0 heterocycles. The Balaban J connectivity index is 3.05. The summed E-state index contributed by atoms with van der Waals surface area (Å²) in [4.78, 5) is 0. The third-order valence-corrected chi connectivity index (χ3v) is 3.91. The smallest absolute Gasteiger partial charge is 0.0604 e. The Morgan fingerprint density at radius 1 is 0.682 bits per heavy atom. The lowest BCUT2D eigenvalue weighted by molar-refractivity contribution is -0.381. The summed E-state index contributed by atoms with van der Waals surface area (Å²) in [5, 5.41) is 20.2. The van der Waals surface area contributed by atoms with Crippen molar-refractivity contribution < 1.29 is 14.7 Å². The molecule has 0 atom stereocenters. The van der Waals surface area contributed by atoms with E-state index in [4.69, 9.17) is 0 Å². The molecule has 22 heavy (non-hydrogen) atoms. The van der Waals surface area contributed by atoms with E-state index in [9.17, 15) is 10.0 Å². The van der Waals surface area contributed by atoms with Gasteiger partial charge in [-0.2, -0.15) is 0 Å². The standard InChI is InChI=1S/C18H35BO3/c1-2-3-4-5-6-7-8-9-10-11-12-13-14-15-16-17-18-22-19(20)21/h9-10H,2-8,11-18H2,1H3/q-2. The summed E-state index contributed by atoms with van der Waals surface area (Å²) < 4.78 is 4.44. The molecule has 0 aliphatic heterocycles. The van der Waals surface area contributed by atoms with E-state index in [0.717, 1.165) is 12.8 Å². The van der Waals surface area contributed by atoms with Gasteiger partial charge in [0.05, 0.1) is 7.32 Å². The molecule has 130 valence electrons. The van der Waals surface area contributed by atoms with E-state index in [1.165, 1.54) is 77.0 Å². The second kappa shape index (κ2) is 18.7. The summed E-state index contributed by atoms with van der Waals surface area (Å²) in [6.45, 7) is 2.58. The average molecular weight is 310 g/mol. The minimum atomic E-state index is -2.11. The lowest BCUT2D eigenvalue weighted by Gasteiger charge is -2.25. The van der Waals surface area contributed by atoms with Gasteiger partial charge in [-0.25, -0.2) is 0 Å². The first-order valence-electron chi connectivity index (χ1n) is 9.35. The van der Waals surface area contributed by atoms with Crippen LogP contribution in [0.15, 0.2) is 12.2 Å². The van der Waals surface area contributed by atoms with Crippen molar-refractivity contribution in [1.29, 1.82) is 0 Å². The van der Waals surface area contributed by atoms with Gasteiger partial charge in [0.2, 0.25) is 0 Å². The zero-order valence-corrected chi connectivity index (χ0v) is 14.6. The van der Waals surface area contributed by atoms with Crippen molar-refractivity contribution in [2.45, 2.75) is 96.8 Å². The maximum absolute atomic E-state index is 10.1. The average Bonchev–Trinajstić information content (AvgIpc) is 2.50. The van der Waals surface area contributed by atoms with Gasteiger partial charge in [0, 0.05) is 6.61 Å². The van der Waals surface area contributed by atoms with Gasteiger partial charge in [-0.3, -0.25) is 0 Å². The fourth-order valence-corrected chi connectivity index (χ4v) is 2.53. The van der Waals surface area contributed by atoms with Crippen LogP contribution in [0.4, 0.5) is 0 Å². The summed E-state index contributed by atoms with van der Waals surface area (Å²) in [7, 11) is -2.11. The fourth-order valence-electron chi connectivity index (χ4n) is 2.53. The Kier molecular flexibility index (Phi) is 18.5. The Morgan fingerprint density at radius 3 is 1.64 bits per heavy atom. The third kappa shape index (κ3) is 19.7. The van der Waals surface area contributed by atoms with Gasteiger partial charge >= 0.3 is 0 Å². The van der Waals surface area contributed by atoms with Gasteiger partial charge in [-0.15, -0.1) is 0 Å². The van der Waals surface area contributed by atoms with E-state index in [2.05, 4.69) is 23.7 Å². The molecular weight excluding hydrogens is 275 g/mol. The Hall–Kier alpha value is -0.315. The molecule has 0 aromatic heterocycles. The van der Waals surface area contributed by atoms with Crippen molar-refractivity contribution in [3.63, 3.8) is 0 Å². The quantitative estimate of drug-likeness (QED) is 0.233. The van der Waals surface area contributed by atoms with E-state index >= 15 is 0 Å². The van der Waals surface area contributed by atoms with Crippen molar-refractivity contribution in [3.8, 4) is 0 Å². The molecule has 0 aliphatic carbocycles. The first kappa shape index (κ1) is 21.7. The third-order valence-electron chi connectivity index (χ3n) is 3.91. The van der Waals surface area contributed by atoms with E-state index in [1.807, 2.05) is 0 Å². The van der Waals surface area contributed by atoms with Crippen LogP contribution in [0.5, 0.6) is 0 Å². The maximum Gasteiger partial charge on any atom is 0.0604 e. The van der Waals surface area contributed by atoms with Gasteiger partial charge in [0.1, 0.15) is 0 Å². The van der Waals surface area contributed by atoms with Crippen molar-refractivity contribution in [2.24, 2.45) is 0 Å². The predicted molar refractivity (Wildman–Crippen MR) is 91.2 cm³/mol. The van der Waals surface area contributed by atoms with Crippen LogP contribution in [-0.2, 0) is 4.65 Å². The molecule has 0 radical (unpaired) electrons. The second-order valence-corrected chi connectivity index (χ2v) is 6.10. The normalized spacial score (nSPS) is 11.4. The van der Waals surface area contributed by atoms with Crippen LogP contribution in [0.1, 0.15) is 96.8 Å². The van der Waals surface area contributed by atoms with Gasteiger partial charge < -0.3 is 14.7 Å². The predicted octanol–water partition coefficient (Wildman–Crippen LogP) is 3.75. The molecule has 3 nitrogen and oxygen atoms in total. The Morgan fingerprint density at radius 2 is 1.14 bits per heavy atom.